The van der Waals surface area contributed by atoms with E-state index in [1.54, 1.807) is 18.2 Å². The minimum absolute atomic E-state index is 0.0289. The van der Waals surface area contributed by atoms with Crippen LogP contribution in [0.25, 0.3) is 6.08 Å². The summed E-state index contributed by atoms with van der Waals surface area (Å²) in [6, 6.07) is 5.02. The number of halogens is 1. The number of benzene rings is 1. The second-order valence-corrected chi connectivity index (χ2v) is 9.83. The van der Waals surface area contributed by atoms with E-state index in [4.69, 9.17) is 21.4 Å². The maximum atomic E-state index is 12.3. The fraction of sp³-hybridized carbons (Fsp3) is 0.500. The van der Waals surface area contributed by atoms with Gasteiger partial charge in [-0.3, -0.25) is 24.5 Å². The monoisotopic (exact) mass is 493 g/mol. The second-order valence-electron chi connectivity index (χ2n) is 8.44. The van der Waals surface area contributed by atoms with Gasteiger partial charge in [0.2, 0.25) is 0 Å². The first-order valence-electron chi connectivity index (χ1n) is 11.3. The fourth-order valence-corrected chi connectivity index (χ4v) is 5.05. The van der Waals surface area contributed by atoms with Gasteiger partial charge in [0.25, 0.3) is 11.1 Å². The van der Waals surface area contributed by atoms with Gasteiger partial charge >= 0.3 is 11.9 Å². The molecule has 0 spiro atoms. The van der Waals surface area contributed by atoms with Crippen molar-refractivity contribution in [1.82, 2.24) is 5.32 Å². The molecule has 9 heteroatoms. The number of aliphatic carboxylic acids is 1. The maximum absolute atomic E-state index is 12.3. The van der Waals surface area contributed by atoms with Gasteiger partial charge < -0.3 is 9.84 Å². The summed E-state index contributed by atoms with van der Waals surface area (Å²) in [7, 11) is 0. The molecule has 7 nitrogen and oxygen atoms in total. The molecule has 1 saturated heterocycles. The normalized spacial score (nSPS) is 20.7. The standard InChI is InChI=1S/C17H16ClNO4S.C7H12O2/c18-14-11(9-13-15(20)19-17(22)24-13)7-4-8-12(14)23-16(21)10-5-2-1-3-6-10;8-7(9)6-4-2-1-3-5-6/h4,7-10H,1-3,5-6H2,(H,19,20,22);6H,1-5H2,(H,8,9)/b13-9-;. The zero-order valence-corrected chi connectivity index (χ0v) is 19.9. The van der Waals surface area contributed by atoms with Crippen molar-refractivity contribution < 1.29 is 29.0 Å². The number of ether oxygens (including phenoxy) is 1. The molecule has 2 amide bonds. The zero-order chi connectivity index (χ0) is 23.8. The predicted octanol–water partition coefficient (Wildman–Crippen LogP) is 5.80. The largest absolute Gasteiger partial charge is 0.481 e. The van der Waals surface area contributed by atoms with Gasteiger partial charge in [0, 0.05) is 0 Å². The Balaban J connectivity index is 0.000000286. The molecule has 0 aromatic heterocycles. The number of esters is 1. The molecule has 0 bridgehead atoms. The molecule has 0 radical (unpaired) electrons. The number of amides is 2. The summed E-state index contributed by atoms with van der Waals surface area (Å²) in [5.41, 5.74) is 0.526. The van der Waals surface area contributed by atoms with Crippen molar-refractivity contribution in [3.05, 3.63) is 33.7 Å². The number of carboxylic acids is 1. The van der Waals surface area contributed by atoms with Crippen LogP contribution in [0.4, 0.5) is 4.79 Å². The van der Waals surface area contributed by atoms with Gasteiger partial charge in [0.1, 0.15) is 5.75 Å². The highest BCUT2D eigenvalue weighted by Gasteiger charge is 2.26. The molecule has 1 aliphatic heterocycles. The Labute approximate surface area is 202 Å². The summed E-state index contributed by atoms with van der Waals surface area (Å²) in [5, 5.41) is 10.6. The van der Waals surface area contributed by atoms with E-state index in [1.807, 2.05) is 0 Å². The molecule has 2 N–H and O–H groups in total. The third kappa shape index (κ3) is 7.33. The molecule has 178 valence electrons. The number of nitrogens with one attached hydrogen (secondary N) is 1. The molecule has 3 fully saturated rings. The summed E-state index contributed by atoms with van der Waals surface area (Å²) >= 11 is 7.12. The van der Waals surface area contributed by atoms with Crippen molar-refractivity contribution in [3.63, 3.8) is 0 Å². The van der Waals surface area contributed by atoms with E-state index in [0.29, 0.717) is 5.56 Å². The van der Waals surface area contributed by atoms with E-state index in [0.717, 1.165) is 69.5 Å². The Morgan fingerprint density at radius 1 is 1.00 bits per heavy atom. The fourth-order valence-electron chi connectivity index (χ4n) is 4.16. The number of hydrogen-bond donors (Lipinski definition) is 2. The number of rotatable bonds is 4. The predicted molar refractivity (Wildman–Crippen MR) is 127 cm³/mol. The Bertz CT molecular complexity index is 935. The summed E-state index contributed by atoms with van der Waals surface area (Å²) in [5.74, 6) is -1.15. The third-order valence-corrected chi connectivity index (χ3v) is 7.24. The lowest BCUT2D eigenvalue weighted by molar-refractivity contribution is -0.143. The number of thioether (sulfide) groups is 1. The van der Waals surface area contributed by atoms with Crippen LogP contribution < -0.4 is 10.1 Å². The first-order valence-corrected chi connectivity index (χ1v) is 12.5. The summed E-state index contributed by atoms with van der Waals surface area (Å²) in [6.07, 6.45) is 11.7. The number of carbonyl (C=O) groups excluding carboxylic acids is 3. The highest BCUT2D eigenvalue weighted by atomic mass is 35.5. The van der Waals surface area contributed by atoms with Gasteiger partial charge in [-0.25, -0.2) is 0 Å². The van der Waals surface area contributed by atoms with Crippen LogP contribution in [-0.2, 0) is 14.4 Å². The second kappa shape index (κ2) is 12.2. The maximum Gasteiger partial charge on any atom is 0.314 e. The van der Waals surface area contributed by atoms with Crippen LogP contribution in [-0.4, -0.2) is 28.2 Å². The Hall–Kier alpha value is -2.32. The van der Waals surface area contributed by atoms with Crippen LogP contribution >= 0.6 is 23.4 Å². The lowest BCUT2D eigenvalue weighted by Gasteiger charge is -2.20. The van der Waals surface area contributed by atoms with Crippen LogP contribution in [0.1, 0.15) is 69.8 Å². The van der Waals surface area contributed by atoms with Crippen LogP contribution in [0.2, 0.25) is 5.02 Å². The van der Waals surface area contributed by atoms with E-state index in [9.17, 15) is 19.2 Å². The SMILES string of the molecule is O=C(O)C1CCCCC1.O=C1NC(=O)/C(=C/c2cccc(OC(=O)C3CCCCC3)c2Cl)S1. The molecule has 1 aromatic carbocycles. The van der Waals surface area contributed by atoms with E-state index < -0.39 is 17.1 Å². The Morgan fingerprint density at radius 2 is 1.61 bits per heavy atom. The molecule has 2 saturated carbocycles. The number of carboxylic acid groups (broad SMARTS) is 1. The van der Waals surface area contributed by atoms with E-state index >= 15 is 0 Å². The first kappa shape index (κ1) is 25.3. The zero-order valence-electron chi connectivity index (χ0n) is 18.3. The average molecular weight is 494 g/mol. The molecule has 4 rings (SSSR count). The lowest BCUT2D eigenvalue weighted by atomic mass is 9.89. The molecule has 0 unspecified atom stereocenters. The Kier molecular flexibility index (Phi) is 9.38. The highest BCUT2D eigenvalue weighted by molar-refractivity contribution is 8.18. The van der Waals surface area contributed by atoms with Crippen molar-refractivity contribution in [1.29, 1.82) is 0 Å². The molecule has 2 aliphatic carbocycles. The van der Waals surface area contributed by atoms with Crippen LogP contribution in [0, 0.1) is 11.8 Å². The summed E-state index contributed by atoms with van der Waals surface area (Å²) < 4.78 is 5.46. The van der Waals surface area contributed by atoms with E-state index in [1.165, 1.54) is 12.5 Å². The summed E-state index contributed by atoms with van der Waals surface area (Å²) in [4.78, 5) is 45.7. The third-order valence-electron chi connectivity index (χ3n) is 6.03. The average Bonchev–Trinajstić information content (AvgIpc) is 3.14. The quantitative estimate of drug-likeness (QED) is 0.310. The minimum atomic E-state index is -0.602. The van der Waals surface area contributed by atoms with Gasteiger partial charge in [0.15, 0.2) is 0 Å². The molecule has 1 heterocycles. The molecule has 1 aromatic rings. The molecule has 0 atom stereocenters. The summed E-state index contributed by atoms with van der Waals surface area (Å²) in [6.45, 7) is 0. The first-order chi connectivity index (χ1) is 15.8. The van der Waals surface area contributed by atoms with Gasteiger partial charge in [-0.1, -0.05) is 62.3 Å². The topological polar surface area (TPSA) is 110 Å². The smallest absolute Gasteiger partial charge is 0.314 e. The molecule has 3 aliphatic rings. The van der Waals surface area contributed by atoms with Crippen LogP contribution in [0.15, 0.2) is 23.1 Å². The van der Waals surface area contributed by atoms with Crippen molar-refractivity contribution >= 4 is 52.5 Å². The van der Waals surface area contributed by atoms with Gasteiger partial charge in [0.05, 0.1) is 21.8 Å². The van der Waals surface area contributed by atoms with Gasteiger partial charge in [-0.2, -0.15) is 0 Å². The van der Waals surface area contributed by atoms with Crippen molar-refractivity contribution in [2.24, 2.45) is 11.8 Å². The molecular formula is C24H28ClNO6S. The van der Waals surface area contributed by atoms with Gasteiger partial charge in [-0.15, -0.1) is 0 Å². The van der Waals surface area contributed by atoms with Crippen molar-refractivity contribution in [2.45, 2.75) is 64.2 Å². The number of imide groups is 1. The highest BCUT2D eigenvalue weighted by Crippen LogP contribution is 2.34. The minimum Gasteiger partial charge on any atom is -0.481 e. The molecular weight excluding hydrogens is 466 g/mol. The van der Waals surface area contributed by atoms with Crippen LogP contribution in [0.3, 0.4) is 0 Å². The Morgan fingerprint density at radius 3 is 2.12 bits per heavy atom. The number of hydrogen-bond acceptors (Lipinski definition) is 6. The van der Waals surface area contributed by atoms with Crippen molar-refractivity contribution in [3.8, 4) is 5.75 Å². The van der Waals surface area contributed by atoms with Crippen molar-refractivity contribution in [2.75, 3.05) is 0 Å². The number of carbonyl (C=O) groups is 4. The van der Waals surface area contributed by atoms with E-state index in [2.05, 4.69) is 5.32 Å². The molecule has 33 heavy (non-hydrogen) atoms. The lowest BCUT2D eigenvalue weighted by Crippen LogP contribution is -2.22. The van der Waals surface area contributed by atoms with Gasteiger partial charge in [-0.05, 0) is 55.2 Å². The van der Waals surface area contributed by atoms with Crippen LogP contribution in [0.5, 0.6) is 5.75 Å². The van der Waals surface area contributed by atoms with E-state index in [-0.39, 0.29) is 33.5 Å².